The second kappa shape index (κ2) is 13.5. The van der Waals surface area contributed by atoms with Gasteiger partial charge < -0.3 is 9.64 Å². The first-order valence-corrected chi connectivity index (χ1v) is 7.52. The zero-order chi connectivity index (χ0) is 17.5. The van der Waals surface area contributed by atoms with E-state index < -0.39 is 0 Å². The van der Waals surface area contributed by atoms with Gasteiger partial charge in [-0.2, -0.15) is 0 Å². The van der Waals surface area contributed by atoms with Crippen LogP contribution in [-0.4, -0.2) is 33.2 Å². The van der Waals surface area contributed by atoms with Crippen LogP contribution < -0.4 is 0 Å². The summed E-state index contributed by atoms with van der Waals surface area (Å²) < 4.78 is 5.02. The van der Waals surface area contributed by atoms with Crippen LogP contribution in [0.25, 0.3) is 12.2 Å². The molecular weight excluding hydrogens is 282 g/mol. The predicted octanol–water partition coefficient (Wildman–Crippen LogP) is 4.98. The highest BCUT2D eigenvalue weighted by atomic mass is 16.5. The lowest BCUT2D eigenvalue weighted by Gasteiger charge is -2.02. The van der Waals surface area contributed by atoms with E-state index in [1.54, 1.807) is 7.11 Å². The molecule has 2 rings (SSSR count). The maximum atomic E-state index is 5.02. The molecule has 0 saturated heterocycles. The van der Waals surface area contributed by atoms with Crippen molar-refractivity contribution in [2.24, 2.45) is 0 Å². The summed E-state index contributed by atoms with van der Waals surface area (Å²) in [6, 6.07) is 18.1. The van der Waals surface area contributed by atoms with Gasteiger partial charge in [0.25, 0.3) is 0 Å². The van der Waals surface area contributed by atoms with Crippen molar-refractivity contribution in [3.63, 3.8) is 0 Å². The Morgan fingerprint density at radius 1 is 0.870 bits per heavy atom. The largest absolute Gasteiger partial charge is 0.380 e. The molecule has 0 aliphatic carbocycles. The fourth-order valence-corrected chi connectivity index (χ4v) is 1.61. The van der Waals surface area contributed by atoms with E-state index >= 15 is 0 Å². The van der Waals surface area contributed by atoms with E-state index in [9.17, 15) is 0 Å². The van der Waals surface area contributed by atoms with Crippen LogP contribution in [0.15, 0.2) is 67.8 Å². The van der Waals surface area contributed by atoms with Gasteiger partial charge in [0.15, 0.2) is 0 Å². The minimum Gasteiger partial charge on any atom is -0.380 e. The molecule has 2 aromatic rings. The zero-order valence-corrected chi connectivity index (χ0v) is 14.8. The normalized spacial score (nSPS) is 9.09. The Bertz CT molecular complexity index is 544. The molecule has 0 aromatic heterocycles. The van der Waals surface area contributed by atoms with Gasteiger partial charge in [-0.05, 0) is 37.8 Å². The highest BCUT2D eigenvalue weighted by Gasteiger charge is 1.94. The molecular formula is C21H29NO. The van der Waals surface area contributed by atoms with Gasteiger partial charge in [0.05, 0.1) is 6.61 Å². The highest BCUT2D eigenvalue weighted by molar-refractivity contribution is 5.51. The third-order valence-electron chi connectivity index (χ3n) is 2.61. The third-order valence-corrected chi connectivity index (χ3v) is 2.61. The lowest BCUT2D eigenvalue weighted by Crippen LogP contribution is -1.99. The summed E-state index contributed by atoms with van der Waals surface area (Å²) in [7, 11) is 7.69. The Balaban J connectivity index is 0.000000354. The highest BCUT2D eigenvalue weighted by Crippen LogP contribution is 2.10. The molecule has 0 radical (unpaired) electrons. The Kier molecular flexibility index (Phi) is 12.2. The molecule has 2 heteroatoms. The van der Waals surface area contributed by atoms with Crippen LogP contribution in [0.5, 0.6) is 0 Å². The van der Waals surface area contributed by atoms with Crippen LogP contribution in [0.2, 0.25) is 0 Å². The number of hydrogen-bond acceptors (Lipinski definition) is 2. The topological polar surface area (TPSA) is 12.5 Å². The molecule has 2 aromatic carbocycles. The number of benzene rings is 2. The van der Waals surface area contributed by atoms with E-state index in [-0.39, 0.29) is 0 Å². The molecule has 0 aliphatic heterocycles. The summed E-state index contributed by atoms with van der Waals surface area (Å²) in [5, 5.41) is 0. The van der Waals surface area contributed by atoms with Crippen LogP contribution >= 0.6 is 0 Å². The fourth-order valence-electron chi connectivity index (χ4n) is 1.61. The Labute approximate surface area is 141 Å². The standard InChI is InChI=1S/C10H12O.C8H8.C3H9N/c1-3-9-6-4-5-7-10(9)8-11-2;1-2-8-6-4-3-5-7-8;1-4(2)3/h3-7H,1,8H2,2H3;2-7H,1H2;1-3H3. The first-order chi connectivity index (χ1) is 11.0. The number of rotatable bonds is 4. The van der Waals surface area contributed by atoms with Crippen molar-refractivity contribution in [3.8, 4) is 0 Å². The average Bonchev–Trinajstić information content (AvgIpc) is 2.56. The molecule has 0 unspecified atom stereocenters. The summed E-state index contributed by atoms with van der Waals surface area (Å²) in [4.78, 5) is 2.00. The van der Waals surface area contributed by atoms with E-state index in [1.165, 1.54) is 11.1 Å². The molecule has 0 bridgehead atoms. The maximum Gasteiger partial charge on any atom is 0.0718 e. The minimum atomic E-state index is 0.655. The summed E-state index contributed by atoms with van der Waals surface area (Å²) in [5.74, 6) is 0. The average molecular weight is 311 g/mol. The minimum absolute atomic E-state index is 0.655. The molecule has 124 valence electrons. The van der Waals surface area contributed by atoms with Crippen LogP contribution in [0, 0.1) is 0 Å². The SMILES string of the molecule is C=Cc1ccccc1.C=Cc1ccccc1COC.CN(C)C. The summed E-state index contributed by atoms with van der Waals surface area (Å²) >= 11 is 0. The Morgan fingerprint density at radius 2 is 1.39 bits per heavy atom. The first kappa shape index (κ1) is 20.8. The van der Waals surface area contributed by atoms with Crippen molar-refractivity contribution >= 4 is 12.2 Å². The number of ether oxygens (including phenoxy) is 1. The van der Waals surface area contributed by atoms with Crippen LogP contribution in [0.3, 0.4) is 0 Å². The van der Waals surface area contributed by atoms with Gasteiger partial charge in [0.1, 0.15) is 0 Å². The second-order valence-corrected chi connectivity index (χ2v) is 5.29. The monoisotopic (exact) mass is 311 g/mol. The van der Waals surface area contributed by atoms with Crippen LogP contribution in [-0.2, 0) is 11.3 Å². The van der Waals surface area contributed by atoms with Gasteiger partial charge in [0, 0.05) is 7.11 Å². The van der Waals surface area contributed by atoms with Gasteiger partial charge in [-0.25, -0.2) is 0 Å². The van der Waals surface area contributed by atoms with Gasteiger partial charge in [-0.1, -0.05) is 79.9 Å². The van der Waals surface area contributed by atoms with Crippen LogP contribution in [0.1, 0.15) is 16.7 Å². The number of hydrogen-bond donors (Lipinski definition) is 0. The van der Waals surface area contributed by atoms with Gasteiger partial charge in [-0.15, -0.1) is 0 Å². The number of methoxy groups -OCH3 is 1. The maximum absolute atomic E-state index is 5.02. The number of nitrogens with zero attached hydrogens (tertiary/aromatic N) is 1. The first-order valence-electron chi connectivity index (χ1n) is 7.52. The Hall–Kier alpha value is -2.16. The van der Waals surface area contributed by atoms with E-state index in [1.807, 2.05) is 92.8 Å². The van der Waals surface area contributed by atoms with Gasteiger partial charge in [-0.3, -0.25) is 0 Å². The fraction of sp³-hybridized carbons (Fsp3) is 0.238. The third kappa shape index (κ3) is 11.1. The van der Waals surface area contributed by atoms with Crippen molar-refractivity contribution in [1.82, 2.24) is 4.90 Å². The van der Waals surface area contributed by atoms with Gasteiger partial charge in [0.2, 0.25) is 0 Å². The molecule has 0 heterocycles. The second-order valence-electron chi connectivity index (χ2n) is 5.29. The summed E-state index contributed by atoms with van der Waals surface area (Å²) in [5.41, 5.74) is 3.51. The van der Waals surface area contributed by atoms with Crippen molar-refractivity contribution in [2.45, 2.75) is 6.61 Å². The molecule has 0 saturated carbocycles. The van der Waals surface area contributed by atoms with E-state index in [4.69, 9.17) is 4.74 Å². The molecule has 0 spiro atoms. The van der Waals surface area contributed by atoms with E-state index in [2.05, 4.69) is 13.2 Å². The van der Waals surface area contributed by atoms with E-state index in [0.717, 1.165) is 5.56 Å². The van der Waals surface area contributed by atoms with Gasteiger partial charge >= 0.3 is 0 Å². The zero-order valence-electron chi connectivity index (χ0n) is 14.8. The van der Waals surface area contributed by atoms with Crippen molar-refractivity contribution in [2.75, 3.05) is 28.3 Å². The van der Waals surface area contributed by atoms with Crippen LogP contribution in [0.4, 0.5) is 0 Å². The molecule has 0 fully saturated rings. The summed E-state index contributed by atoms with van der Waals surface area (Å²) in [6.07, 6.45) is 3.67. The predicted molar refractivity (Wildman–Crippen MR) is 103 cm³/mol. The molecule has 23 heavy (non-hydrogen) atoms. The quantitative estimate of drug-likeness (QED) is 0.789. The molecule has 0 atom stereocenters. The smallest absolute Gasteiger partial charge is 0.0718 e. The van der Waals surface area contributed by atoms with Crippen molar-refractivity contribution in [3.05, 3.63) is 84.4 Å². The van der Waals surface area contributed by atoms with Crippen molar-refractivity contribution < 1.29 is 4.74 Å². The molecule has 0 aliphatic rings. The Morgan fingerprint density at radius 3 is 1.83 bits per heavy atom. The lowest BCUT2D eigenvalue weighted by atomic mass is 10.1. The van der Waals surface area contributed by atoms with Crippen molar-refractivity contribution in [1.29, 1.82) is 0 Å². The summed E-state index contributed by atoms with van der Waals surface area (Å²) in [6.45, 7) is 8.00. The lowest BCUT2D eigenvalue weighted by molar-refractivity contribution is 0.185. The molecule has 2 nitrogen and oxygen atoms in total. The van der Waals surface area contributed by atoms with E-state index in [0.29, 0.717) is 6.61 Å². The molecule has 0 amide bonds. The molecule has 0 N–H and O–H groups in total.